The first-order valence-corrected chi connectivity index (χ1v) is 11.2. The van der Waals surface area contributed by atoms with Crippen molar-refractivity contribution in [2.75, 3.05) is 37.8 Å². The molecule has 0 spiro atoms. The monoisotopic (exact) mass is 412 g/mol. The topological polar surface area (TPSA) is 76.6 Å². The van der Waals surface area contributed by atoms with Crippen molar-refractivity contribution >= 4 is 22.8 Å². The number of amides is 1. The molecular formula is C23H32N4O3. The molecule has 0 radical (unpaired) electrons. The Hall–Kier alpha value is -2.41. The molecule has 1 aromatic heterocycles. The Kier molecular flexibility index (Phi) is 7.00. The Balaban J connectivity index is 1.42. The van der Waals surface area contributed by atoms with E-state index in [1.165, 1.54) is 11.3 Å². The molecule has 7 heteroatoms. The van der Waals surface area contributed by atoms with E-state index in [1.807, 2.05) is 6.92 Å². The van der Waals surface area contributed by atoms with Gasteiger partial charge in [0.25, 0.3) is 0 Å². The molecule has 1 saturated carbocycles. The number of morpholine rings is 1. The van der Waals surface area contributed by atoms with E-state index in [0.717, 1.165) is 75.9 Å². The lowest BCUT2D eigenvalue weighted by molar-refractivity contribution is 0.122. The molecule has 2 aromatic rings. The lowest BCUT2D eigenvalue weighted by atomic mass is 9.82. The fourth-order valence-electron chi connectivity index (χ4n) is 4.52. The van der Waals surface area contributed by atoms with Gasteiger partial charge in [0.1, 0.15) is 0 Å². The Bertz CT molecular complexity index is 845. The zero-order valence-corrected chi connectivity index (χ0v) is 17.8. The van der Waals surface area contributed by atoms with Gasteiger partial charge in [0, 0.05) is 37.2 Å². The number of carbonyl (C=O) groups is 1. The lowest BCUT2D eigenvalue weighted by Crippen LogP contribution is -2.38. The van der Waals surface area contributed by atoms with E-state index in [2.05, 4.69) is 32.3 Å². The van der Waals surface area contributed by atoms with Crippen LogP contribution in [0.25, 0.3) is 11.0 Å². The maximum absolute atomic E-state index is 11.8. The number of nitrogens with one attached hydrogen (secondary N) is 1. The highest BCUT2D eigenvalue weighted by Crippen LogP contribution is 2.31. The zero-order chi connectivity index (χ0) is 20.8. The normalized spacial score (nSPS) is 22.1. The molecule has 30 heavy (non-hydrogen) atoms. The standard InChI is InChI=1S/C23H32N4O3/c1-2-11-30-23(28)26-19-5-3-17(4-6-19)14-18-15-20(27-9-12-29-13-10-27)16-21-22(18)25-8-7-24-21/h7-8,15-17,19H,2-6,9-14H2,1H3,(H,26,28). The zero-order valence-electron chi connectivity index (χ0n) is 17.8. The second-order valence-corrected chi connectivity index (χ2v) is 8.33. The van der Waals surface area contributed by atoms with E-state index in [1.54, 1.807) is 12.4 Å². The first-order chi connectivity index (χ1) is 14.7. The predicted octanol–water partition coefficient (Wildman–Crippen LogP) is 3.70. The van der Waals surface area contributed by atoms with Gasteiger partial charge in [-0.25, -0.2) is 4.79 Å². The molecule has 0 unspecified atom stereocenters. The number of alkyl carbamates (subject to hydrolysis) is 1. The summed E-state index contributed by atoms with van der Waals surface area (Å²) >= 11 is 0. The number of nitrogens with zero attached hydrogens (tertiary/aromatic N) is 3. The fourth-order valence-corrected chi connectivity index (χ4v) is 4.52. The Labute approximate surface area is 178 Å². The lowest BCUT2D eigenvalue weighted by Gasteiger charge is -2.31. The highest BCUT2D eigenvalue weighted by molar-refractivity contribution is 5.82. The maximum Gasteiger partial charge on any atom is 0.407 e. The van der Waals surface area contributed by atoms with Crippen LogP contribution in [0.4, 0.5) is 10.5 Å². The van der Waals surface area contributed by atoms with Crippen molar-refractivity contribution in [2.45, 2.75) is 51.5 Å². The van der Waals surface area contributed by atoms with E-state index in [0.29, 0.717) is 12.5 Å². The van der Waals surface area contributed by atoms with Crippen molar-refractivity contribution in [3.63, 3.8) is 0 Å². The quantitative estimate of drug-likeness (QED) is 0.780. The van der Waals surface area contributed by atoms with Gasteiger partial charge in [-0.2, -0.15) is 0 Å². The minimum Gasteiger partial charge on any atom is -0.450 e. The van der Waals surface area contributed by atoms with Gasteiger partial charge in [-0.1, -0.05) is 6.92 Å². The van der Waals surface area contributed by atoms with Gasteiger partial charge in [-0.05, 0) is 62.1 Å². The van der Waals surface area contributed by atoms with E-state index in [-0.39, 0.29) is 12.1 Å². The molecular weight excluding hydrogens is 380 g/mol. The van der Waals surface area contributed by atoms with Crippen LogP contribution in [0.3, 0.4) is 0 Å². The number of fused-ring (bicyclic) bond motifs is 1. The van der Waals surface area contributed by atoms with Crippen LogP contribution in [0.1, 0.15) is 44.6 Å². The summed E-state index contributed by atoms with van der Waals surface area (Å²) in [6.45, 7) is 5.85. The summed E-state index contributed by atoms with van der Waals surface area (Å²) in [5, 5.41) is 3.02. The average molecular weight is 413 g/mol. The van der Waals surface area contributed by atoms with E-state index in [4.69, 9.17) is 9.47 Å². The summed E-state index contributed by atoms with van der Waals surface area (Å²) < 4.78 is 10.7. The third kappa shape index (κ3) is 5.19. The minimum absolute atomic E-state index is 0.224. The second-order valence-electron chi connectivity index (χ2n) is 8.33. The van der Waals surface area contributed by atoms with Crippen molar-refractivity contribution < 1.29 is 14.3 Å². The predicted molar refractivity (Wildman–Crippen MR) is 117 cm³/mol. The number of ether oxygens (including phenoxy) is 2. The Morgan fingerprint density at radius 2 is 1.93 bits per heavy atom. The molecule has 1 N–H and O–H groups in total. The van der Waals surface area contributed by atoms with Crippen LogP contribution in [-0.2, 0) is 15.9 Å². The SMILES string of the molecule is CCCOC(=O)NC1CCC(Cc2cc(N3CCOCC3)cc3nccnc23)CC1. The van der Waals surface area contributed by atoms with Crippen molar-refractivity contribution in [1.82, 2.24) is 15.3 Å². The average Bonchev–Trinajstić information content (AvgIpc) is 2.79. The molecule has 2 heterocycles. The number of aromatic nitrogens is 2. The van der Waals surface area contributed by atoms with E-state index < -0.39 is 0 Å². The molecule has 2 fully saturated rings. The molecule has 0 bridgehead atoms. The van der Waals surface area contributed by atoms with Gasteiger partial charge in [-0.3, -0.25) is 9.97 Å². The third-order valence-corrected chi connectivity index (χ3v) is 6.13. The minimum atomic E-state index is -0.278. The Morgan fingerprint density at radius 1 is 1.17 bits per heavy atom. The van der Waals surface area contributed by atoms with Crippen molar-refractivity contribution in [2.24, 2.45) is 5.92 Å². The van der Waals surface area contributed by atoms with Crippen LogP contribution in [-0.4, -0.2) is 55.0 Å². The molecule has 1 amide bonds. The molecule has 0 atom stereocenters. The molecule has 1 aliphatic carbocycles. The van der Waals surface area contributed by atoms with E-state index in [9.17, 15) is 4.79 Å². The first kappa shape index (κ1) is 20.8. The summed E-state index contributed by atoms with van der Waals surface area (Å²) in [5.41, 5.74) is 4.47. The van der Waals surface area contributed by atoms with Crippen LogP contribution < -0.4 is 10.2 Å². The van der Waals surface area contributed by atoms with Gasteiger partial charge in [-0.15, -0.1) is 0 Å². The molecule has 1 aliphatic heterocycles. The number of rotatable bonds is 6. The maximum atomic E-state index is 11.8. The number of hydrogen-bond donors (Lipinski definition) is 1. The largest absolute Gasteiger partial charge is 0.450 e. The molecule has 2 aliphatic rings. The molecule has 7 nitrogen and oxygen atoms in total. The summed E-state index contributed by atoms with van der Waals surface area (Å²) in [6.07, 6.45) is 9.31. The number of benzene rings is 1. The van der Waals surface area contributed by atoms with E-state index >= 15 is 0 Å². The highest BCUT2D eigenvalue weighted by Gasteiger charge is 2.24. The van der Waals surface area contributed by atoms with Crippen LogP contribution in [0.5, 0.6) is 0 Å². The summed E-state index contributed by atoms with van der Waals surface area (Å²) in [5.74, 6) is 0.597. The van der Waals surface area contributed by atoms with Gasteiger partial charge in [0.15, 0.2) is 0 Å². The smallest absolute Gasteiger partial charge is 0.407 e. The van der Waals surface area contributed by atoms with Gasteiger partial charge in [0.05, 0.1) is 30.9 Å². The van der Waals surface area contributed by atoms with Crippen LogP contribution in [0.2, 0.25) is 0 Å². The molecule has 1 aromatic carbocycles. The molecule has 1 saturated heterocycles. The van der Waals surface area contributed by atoms with Crippen molar-refractivity contribution in [3.05, 3.63) is 30.1 Å². The number of anilines is 1. The third-order valence-electron chi connectivity index (χ3n) is 6.13. The highest BCUT2D eigenvalue weighted by atomic mass is 16.5. The number of carbonyl (C=O) groups excluding carboxylic acids is 1. The molecule has 4 rings (SSSR count). The van der Waals surface area contributed by atoms with Gasteiger partial charge in [0.2, 0.25) is 0 Å². The van der Waals surface area contributed by atoms with Crippen LogP contribution >= 0.6 is 0 Å². The van der Waals surface area contributed by atoms with Crippen molar-refractivity contribution in [1.29, 1.82) is 0 Å². The second kappa shape index (κ2) is 10.1. The van der Waals surface area contributed by atoms with Crippen LogP contribution in [0.15, 0.2) is 24.5 Å². The first-order valence-electron chi connectivity index (χ1n) is 11.2. The Morgan fingerprint density at radius 3 is 2.70 bits per heavy atom. The summed E-state index contributed by atoms with van der Waals surface area (Å²) in [7, 11) is 0. The molecule has 162 valence electrons. The van der Waals surface area contributed by atoms with Gasteiger partial charge >= 0.3 is 6.09 Å². The fraction of sp³-hybridized carbons (Fsp3) is 0.609. The summed E-state index contributed by atoms with van der Waals surface area (Å²) in [4.78, 5) is 23.4. The van der Waals surface area contributed by atoms with Crippen LogP contribution in [0, 0.1) is 5.92 Å². The van der Waals surface area contributed by atoms with Crippen molar-refractivity contribution in [3.8, 4) is 0 Å². The van der Waals surface area contributed by atoms with Gasteiger partial charge < -0.3 is 19.7 Å². The number of hydrogen-bond acceptors (Lipinski definition) is 6. The summed E-state index contributed by atoms with van der Waals surface area (Å²) in [6, 6.07) is 4.68.